The summed E-state index contributed by atoms with van der Waals surface area (Å²) in [6.07, 6.45) is 2.94. The van der Waals surface area contributed by atoms with E-state index in [1.807, 2.05) is 0 Å². The Morgan fingerprint density at radius 3 is 2.52 bits per heavy atom. The number of aromatic hydroxyl groups is 1. The molecular weight excluding hydrogens is 370 g/mol. The standard InChI is InChI=1S/C18H28BClN2O5/c20-15-4-3-13(16(23)11-15)12-22-9-5-14(6-10-22)18(21,17(24)25)7-1-2-8-19(26)27/h3-4,11,14,23,26-27H,1-2,5-10,12,21H2,(H,24,25). The predicted molar refractivity (Wildman–Crippen MR) is 105 cm³/mol. The van der Waals surface area contributed by atoms with E-state index < -0.39 is 18.6 Å². The van der Waals surface area contributed by atoms with Crippen LogP contribution in [0.2, 0.25) is 11.3 Å². The van der Waals surface area contributed by atoms with Crippen molar-refractivity contribution in [2.75, 3.05) is 13.1 Å². The number of carboxylic acids is 1. The van der Waals surface area contributed by atoms with Crippen LogP contribution in [-0.2, 0) is 11.3 Å². The van der Waals surface area contributed by atoms with Gasteiger partial charge in [0.25, 0.3) is 0 Å². The molecule has 0 aromatic heterocycles. The zero-order valence-electron chi connectivity index (χ0n) is 15.4. The van der Waals surface area contributed by atoms with Crippen LogP contribution in [0.25, 0.3) is 0 Å². The molecule has 1 aromatic carbocycles. The van der Waals surface area contributed by atoms with Gasteiger partial charge < -0.3 is 26.0 Å². The molecular formula is C18H28BClN2O5. The van der Waals surface area contributed by atoms with Crippen LogP contribution in [0.4, 0.5) is 0 Å². The maximum atomic E-state index is 11.8. The van der Waals surface area contributed by atoms with E-state index in [1.54, 1.807) is 12.1 Å². The van der Waals surface area contributed by atoms with Crippen LogP contribution in [0, 0.1) is 5.92 Å². The molecule has 150 valence electrons. The molecule has 6 N–H and O–H groups in total. The van der Waals surface area contributed by atoms with Gasteiger partial charge in [0, 0.05) is 17.1 Å². The molecule has 7 nitrogen and oxygen atoms in total. The normalized spacial score (nSPS) is 18.2. The van der Waals surface area contributed by atoms with Gasteiger partial charge in [-0.25, -0.2) is 0 Å². The second-order valence-electron chi connectivity index (χ2n) is 7.40. The Morgan fingerprint density at radius 1 is 1.30 bits per heavy atom. The number of halogens is 1. The molecule has 0 saturated carbocycles. The van der Waals surface area contributed by atoms with Gasteiger partial charge >= 0.3 is 13.1 Å². The number of rotatable bonds is 9. The third-order valence-electron chi connectivity index (χ3n) is 5.46. The third kappa shape index (κ3) is 6.09. The molecule has 9 heteroatoms. The summed E-state index contributed by atoms with van der Waals surface area (Å²) >= 11 is 5.86. The quantitative estimate of drug-likeness (QED) is 0.316. The van der Waals surface area contributed by atoms with E-state index in [4.69, 9.17) is 27.4 Å². The smallest absolute Gasteiger partial charge is 0.451 e. The summed E-state index contributed by atoms with van der Waals surface area (Å²) in [5.74, 6) is -0.973. The van der Waals surface area contributed by atoms with Crippen molar-refractivity contribution in [2.45, 2.75) is 50.5 Å². The minimum atomic E-state index is -1.37. The topological polar surface area (TPSA) is 127 Å². The van der Waals surface area contributed by atoms with Gasteiger partial charge in [-0.15, -0.1) is 0 Å². The Bertz CT molecular complexity index is 640. The van der Waals surface area contributed by atoms with Crippen LogP contribution >= 0.6 is 11.6 Å². The van der Waals surface area contributed by atoms with Gasteiger partial charge in [0.2, 0.25) is 0 Å². The lowest BCUT2D eigenvalue weighted by atomic mass is 9.74. The molecule has 1 aliphatic heterocycles. The monoisotopic (exact) mass is 398 g/mol. The average molecular weight is 399 g/mol. The van der Waals surface area contributed by atoms with E-state index >= 15 is 0 Å². The molecule has 1 unspecified atom stereocenters. The summed E-state index contributed by atoms with van der Waals surface area (Å²) in [6, 6.07) is 5.05. The van der Waals surface area contributed by atoms with Gasteiger partial charge in [-0.05, 0) is 56.7 Å². The fraction of sp³-hybridized carbons (Fsp3) is 0.611. The number of nitrogens with zero attached hydrogens (tertiary/aromatic N) is 1. The number of carboxylic acid groups (broad SMARTS) is 1. The summed E-state index contributed by atoms with van der Waals surface area (Å²) < 4.78 is 0. The van der Waals surface area contributed by atoms with Crippen molar-refractivity contribution in [3.63, 3.8) is 0 Å². The maximum Gasteiger partial charge on any atom is 0.451 e. The highest BCUT2D eigenvalue weighted by molar-refractivity contribution is 6.40. The molecule has 27 heavy (non-hydrogen) atoms. The van der Waals surface area contributed by atoms with Crippen LogP contribution < -0.4 is 5.73 Å². The van der Waals surface area contributed by atoms with Crippen molar-refractivity contribution in [1.29, 1.82) is 0 Å². The first-order chi connectivity index (χ1) is 12.7. The molecule has 1 heterocycles. The Hall–Kier alpha value is -1.32. The number of aliphatic carboxylic acids is 1. The highest BCUT2D eigenvalue weighted by Crippen LogP contribution is 2.32. The summed E-state index contributed by atoms with van der Waals surface area (Å²) in [4.78, 5) is 14.0. The lowest BCUT2D eigenvalue weighted by molar-refractivity contribution is -0.147. The maximum absolute atomic E-state index is 11.8. The lowest BCUT2D eigenvalue weighted by Crippen LogP contribution is -2.56. The number of benzene rings is 1. The van der Waals surface area contributed by atoms with Crippen molar-refractivity contribution in [2.24, 2.45) is 11.7 Å². The molecule has 0 spiro atoms. The van der Waals surface area contributed by atoms with Crippen LogP contribution in [-0.4, -0.2) is 56.9 Å². The summed E-state index contributed by atoms with van der Waals surface area (Å²) in [7, 11) is -1.37. The van der Waals surface area contributed by atoms with E-state index in [1.165, 1.54) is 6.07 Å². The number of piperidine rings is 1. The van der Waals surface area contributed by atoms with E-state index in [0.29, 0.717) is 56.8 Å². The van der Waals surface area contributed by atoms with Gasteiger partial charge in [0.05, 0.1) is 0 Å². The second-order valence-corrected chi connectivity index (χ2v) is 7.83. The van der Waals surface area contributed by atoms with E-state index in [2.05, 4.69) is 4.90 Å². The number of hydrogen-bond donors (Lipinski definition) is 5. The van der Waals surface area contributed by atoms with Gasteiger partial charge in [-0.3, -0.25) is 9.69 Å². The summed E-state index contributed by atoms with van der Waals surface area (Å²) in [5, 5.41) is 38.0. The van der Waals surface area contributed by atoms with E-state index in [9.17, 15) is 15.0 Å². The van der Waals surface area contributed by atoms with Gasteiger partial charge in [0.15, 0.2) is 0 Å². The first-order valence-electron chi connectivity index (χ1n) is 9.30. The minimum Gasteiger partial charge on any atom is -0.508 e. The minimum absolute atomic E-state index is 0.135. The largest absolute Gasteiger partial charge is 0.508 e. The Morgan fingerprint density at radius 2 is 1.96 bits per heavy atom. The summed E-state index contributed by atoms with van der Waals surface area (Å²) in [5.41, 5.74) is 5.77. The molecule has 1 saturated heterocycles. The number of phenolic OH excluding ortho intramolecular Hbond substituents is 1. The van der Waals surface area contributed by atoms with Gasteiger partial charge in [0.1, 0.15) is 11.3 Å². The van der Waals surface area contributed by atoms with Crippen LogP contribution in [0.15, 0.2) is 18.2 Å². The van der Waals surface area contributed by atoms with Crippen molar-refractivity contribution >= 4 is 24.7 Å². The highest BCUT2D eigenvalue weighted by Gasteiger charge is 2.42. The Kier molecular flexibility index (Phi) is 7.94. The highest BCUT2D eigenvalue weighted by atomic mass is 35.5. The van der Waals surface area contributed by atoms with Gasteiger partial charge in [-0.1, -0.05) is 30.5 Å². The molecule has 0 bridgehead atoms. The second kappa shape index (κ2) is 9.75. The van der Waals surface area contributed by atoms with E-state index in [0.717, 1.165) is 5.56 Å². The predicted octanol–water partition coefficient (Wildman–Crippen LogP) is 1.68. The number of phenols is 1. The fourth-order valence-electron chi connectivity index (χ4n) is 3.75. The fourth-order valence-corrected chi connectivity index (χ4v) is 3.91. The summed E-state index contributed by atoms with van der Waals surface area (Å²) in [6.45, 7) is 1.98. The molecule has 2 rings (SSSR count). The Labute approximate surface area is 164 Å². The number of nitrogens with two attached hydrogens (primary N) is 1. The van der Waals surface area contributed by atoms with Crippen molar-refractivity contribution in [3.05, 3.63) is 28.8 Å². The molecule has 0 radical (unpaired) electrons. The SMILES string of the molecule is NC(CCCCB(O)O)(C(=O)O)C1CCN(Cc2ccc(Cl)cc2O)CC1. The van der Waals surface area contributed by atoms with Crippen LogP contribution in [0.1, 0.15) is 37.7 Å². The molecule has 0 amide bonds. The van der Waals surface area contributed by atoms with Gasteiger partial charge in [-0.2, -0.15) is 0 Å². The number of carbonyl (C=O) groups is 1. The average Bonchev–Trinajstić information content (AvgIpc) is 2.61. The number of hydrogen-bond acceptors (Lipinski definition) is 6. The van der Waals surface area contributed by atoms with Crippen molar-refractivity contribution < 1.29 is 25.1 Å². The van der Waals surface area contributed by atoms with Crippen molar-refractivity contribution in [3.8, 4) is 5.75 Å². The van der Waals surface area contributed by atoms with Crippen LogP contribution in [0.3, 0.4) is 0 Å². The number of likely N-dealkylation sites (tertiary alicyclic amines) is 1. The molecule has 1 aromatic rings. The van der Waals surface area contributed by atoms with Crippen LogP contribution in [0.5, 0.6) is 5.75 Å². The third-order valence-corrected chi connectivity index (χ3v) is 5.69. The lowest BCUT2D eigenvalue weighted by Gasteiger charge is -2.40. The first-order valence-corrected chi connectivity index (χ1v) is 9.68. The van der Waals surface area contributed by atoms with E-state index in [-0.39, 0.29) is 18.0 Å². The Balaban J connectivity index is 1.90. The zero-order valence-corrected chi connectivity index (χ0v) is 16.1. The van der Waals surface area contributed by atoms with Crippen molar-refractivity contribution in [1.82, 2.24) is 4.90 Å². The molecule has 0 aliphatic carbocycles. The molecule has 1 aliphatic rings. The number of unbranched alkanes of at least 4 members (excludes halogenated alkanes) is 1. The molecule has 1 fully saturated rings. The first kappa shape index (κ1) is 22.0. The molecule has 1 atom stereocenters. The zero-order chi connectivity index (χ0) is 20.0.